The van der Waals surface area contributed by atoms with Crippen molar-refractivity contribution in [3.63, 3.8) is 0 Å². The Kier molecular flexibility index (Phi) is 2.71. The van der Waals surface area contributed by atoms with Gasteiger partial charge in [0.15, 0.2) is 0 Å². The van der Waals surface area contributed by atoms with Crippen molar-refractivity contribution in [3.8, 4) is 11.3 Å². The second-order valence-corrected chi connectivity index (χ2v) is 5.12. The van der Waals surface area contributed by atoms with Crippen molar-refractivity contribution in [3.05, 3.63) is 35.3 Å². The maximum Gasteiger partial charge on any atom is 0.251 e. The zero-order valence-electron chi connectivity index (χ0n) is 11.4. The van der Waals surface area contributed by atoms with Crippen LogP contribution in [0, 0.1) is 0 Å². The Bertz CT molecular complexity index is 731. The van der Waals surface area contributed by atoms with Crippen molar-refractivity contribution < 1.29 is 9.59 Å². The van der Waals surface area contributed by atoms with Crippen LogP contribution in [0.3, 0.4) is 0 Å². The number of anilines is 1. The highest BCUT2D eigenvalue weighted by Gasteiger charge is 2.34. The second kappa shape index (κ2) is 4.30. The topological polar surface area (TPSA) is 88.8 Å². The van der Waals surface area contributed by atoms with Gasteiger partial charge in [-0.15, -0.1) is 0 Å². The number of Topliss-reactive ketones (excluding diaryl/α,β-unsaturated/α-hetero) is 2. The molecular formula is C15H15N3O2. The molecule has 0 spiro atoms. The average Bonchev–Trinajstić information content (AvgIpc) is 2.89. The van der Waals surface area contributed by atoms with Gasteiger partial charge in [-0.1, -0.05) is 13.8 Å². The predicted octanol–water partition coefficient (Wildman–Crippen LogP) is 2.55. The molecule has 1 aromatic heterocycles. The van der Waals surface area contributed by atoms with Crippen molar-refractivity contribution >= 4 is 17.3 Å². The molecule has 0 fully saturated rings. The molecule has 1 heterocycles. The normalized spacial score (nSPS) is 14.9. The first kappa shape index (κ1) is 12.6. The summed E-state index contributed by atoms with van der Waals surface area (Å²) in [5, 5.41) is 0. The molecule has 0 amide bonds. The highest BCUT2D eigenvalue weighted by atomic mass is 16.2. The number of rotatable bonds is 2. The molecule has 0 saturated carbocycles. The van der Waals surface area contributed by atoms with E-state index in [0.29, 0.717) is 28.2 Å². The number of benzene rings is 1. The molecular weight excluding hydrogens is 254 g/mol. The molecule has 0 radical (unpaired) electrons. The second-order valence-electron chi connectivity index (χ2n) is 5.12. The molecule has 3 N–H and O–H groups in total. The monoisotopic (exact) mass is 269 g/mol. The lowest BCUT2D eigenvalue weighted by Crippen LogP contribution is -2.21. The summed E-state index contributed by atoms with van der Waals surface area (Å²) in [6, 6.07) is 4.99. The van der Waals surface area contributed by atoms with Crippen molar-refractivity contribution in [2.75, 3.05) is 5.73 Å². The molecule has 0 aliphatic heterocycles. The first-order valence-electron chi connectivity index (χ1n) is 6.61. The number of hydrogen-bond acceptors (Lipinski definition) is 4. The van der Waals surface area contributed by atoms with Crippen molar-refractivity contribution in [1.82, 2.24) is 9.97 Å². The van der Waals surface area contributed by atoms with Crippen LogP contribution in [0.2, 0.25) is 0 Å². The summed E-state index contributed by atoms with van der Waals surface area (Å²) < 4.78 is 0. The zero-order chi connectivity index (χ0) is 14.4. The smallest absolute Gasteiger partial charge is 0.251 e. The van der Waals surface area contributed by atoms with E-state index in [9.17, 15) is 9.59 Å². The molecule has 0 bridgehead atoms. The van der Waals surface area contributed by atoms with Crippen LogP contribution in [-0.4, -0.2) is 21.5 Å². The van der Waals surface area contributed by atoms with E-state index in [2.05, 4.69) is 9.97 Å². The Balaban J connectivity index is 2.24. The number of imidazole rings is 1. The lowest BCUT2D eigenvalue weighted by Gasteiger charge is -2.13. The van der Waals surface area contributed by atoms with Gasteiger partial charge >= 0.3 is 0 Å². The number of nitrogens with zero attached hydrogens (tertiary/aromatic N) is 1. The highest BCUT2D eigenvalue weighted by Crippen LogP contribution is 2.34. The molecule has 102 valence electrons. The van der Waals surface area contributed by atoms with Crippen LogP contribution in [0.4, 0.5) is 5.69 Å². The van der Waals surface area contributed by atoms with Gasteiger partial charge in [0, 0.05) is 22.7 Å². The quantitative estimate of drug-likeness (QED) is 0.647. The van der Waals surface area contributed by atoms with Gasteiger partial charge < -0.3 is 10.7 Å². The van der Waals surface area contributed by atoms with Crippen molar-refractivity contribution in [2.24, 2.45) is 0 Å². The first-order chi connectivity index (χ1) is 9.52. The summed E-state index contributed by atoms with van der Waals surface area (Å²) in [6.07, 6.45) is 0.906. The molecule has 5 heteroatoms. The molecule has 1 aliphatic carbocycles. The Morgan fingerprint density at radius 3 is 2.70 bits per heavy atom. The maximum atomic E-state index is 12.2. The summed E-state index contributed by atoms with van der Waals surface area (Å²) in [7, 11) is 0. The lowest BCUT2D eigenvalue weighted by atomic mass is 9.90. The molecule has 3 rings (SSSR count). The molecule has 1 aromatic carbocycles. The van der Waals surface area contributed by atoms with Crippen molar-refractivity contribution in [1.29, 1.82) is 0 Å². The number of aromatic nitrogens is 2. The fourth-order valence-electron chi connectivity index (χ4n) is 2.37. The number of carbonyl (C=O) groups excluding carboxylic acids is 2. The van der Waals surface area contributed by atoms with E-state index in [-0.39, 0.29) is 5.92 Å². The van der Waals surface area contributed by atoms with Gasteiger partial charge in [-0.05, 0) is 24.6 Å². The minimum atomic E-state index is -0.542. The molecule has 2 aromatic rings. The third-order valence-electron chi connectivity index (χ3n) is 3.78. The predicted molar refractivity (Wildman–Crippen MR) is 75.8 cm³/mol. The maximum absolute atomic E-state index is 12.2. The fourth-order valence-corrected chi connectivity index (χ4v) is 2.37. The first-order valence-corrected chi connectivity index (χ1v) is 6.61. The Morgan fingerprint density at radius 2 is 2.00 bits per heavy atom. The van der Waals surface area contributed by atoms with Crippen LogP contribution in [0.15, 0.2) is 18.2 Å². The van der Waals surface area contributed by atoms with Gasteiger partial charge in [0.2, 0.25) is 5.78 Å². The van der Waals surface area contributed by atoms with Crippen LogP contribution in [-0.2, 0) is 0 Å². The molecule has 1 aliphatic rings. The van der Waals surface area contributed by atoms with E-state index < -0.39 is 11.6 Å². The van der Waals surface area contributed by atoms with Gasteiger partial charge in [-0.2, -0.15) is 0 Å². The fraction of sp³-hybridized carbons (Fsp3) is 0.267. The lowest BCUT2D eigenvalue weighted by molar-refractivity contribution is 0.0812. The van der Waals surface area contributed by atoms with Crippen LogP contribution in [0.5, 0.6) is 0 Å². The van der Waals surface area contributed by atoms with E-state index in [1.54, 1.807) is 12.1 Å². The molecule has 1 atom stereocenters. The molecule has 20 heavy (non-hydrogen) atoms. The largest absolute Gasteiger partial charge is 0.399 e. The molecule has 1 unspecified atom stereocenters. The van der Waals surface area contributed by atoms with Gasteiger partial charge in [0.05, 0.1) is 0 Å². The van der Waals surface area contributed by atoms with Crippen LogP contribution < -0.4 is 5.73 Å². The zero-order valence-corrected chi connectivity index (χ0v) is 11.4. The van der Waals surface area contributed by atoms with Gasteiger partial charge in [-0.25, -0.2) is 4.98 Å². The number of ketones is 2. The summed E-state index contributed by atoms with van der Waals surface area (Å²) in [5.41, 5.74) is 8.01. The summed E-state index contributed by atoms with van der Waals surface area (Å²) >= 11 is 0. The average molecular weight is 269 g/mol. The molecule has 5 nitrogen and oxygen atoms in total. The minimum absolute atomic E-state index is 0.209. The van der Waals surface area contributed by atoms with E-state index in [4.69, 9.17) is 5.73 Å². The van der Waals surface area contributed by atoms with E-state index in [1.165, 1.54) is 6.07 Å². The standard InChI is InChI=1S/C15H15N3O2/c1-3-7(2)15-17-11-9-5-4-8(16)6-10(9)13(19)14(20)12(11)18-15/h4-7H,3,16H2,1-2H3,(H,17,18). The third-order valence-corrected chi connectivity index (χ3v) is 3.78. The minimum Gasteiger partial charge on any atom is -0.399 e. The number of nitrogen functional groups attached to an aromatic ring is 1. The summed E-state index contributed by atoms with van der Waals surface area (Å²) in [5.74, 6) is -0.122. The Morgan fingerprint density at radius 1 is 1.25 bits per heavy atom. The number of aromatic amines is 1. The number of nitrogens with one attached hydrogen (secondary N) is 1. The van der Waals surface area contributed by atoms with E-state index in [0.717, 1.165) is 12.2 Å². The Hall–Kier alpha value is -2.43. The van der Waals surface area contributed by atoms with Crippen LogP contribution in [0.1, 0.15) is 52.9 Å². The van der Waals surface area contributed by atoms with E-state index in [1.807, 2.05) is 13.8 Å². The van der Waals surface area contributed by atoms with Gasteiger partial charge in [0.25, 0.3) is 5.78 Å². The molecule has 0 saturated heterocycles. The number of H-pyrrole nitrogens is 1. The Labute approximate surface area is 116 Å². The summed E-state index contributed by atoms with van der Waals surface area (Å²) in [4.78, 5) is 31.8. The highest BCUT2D eigenvalue weighted by molar-refractivity contribution is 6.52. The number of hydrogen-bond donors (Lipinski definition) is 2. The van der Waals surface area contributed by atoms with Crippen LogP contribution >= 0.6 is 0 Å². The number of carbonyl (C=O) groups is 2. The van der Waals surface area contributed by atoms with Crippen molar-refractivity contribution in [2.45, 2.75) is 26.2 Å². The van der Waals surface area contributed by atoms with Gasteiger partial charge in [-0.3, -0.25) is 9.59 Å². The number of nitrogens with two attached hydrogens (primary N) is 1. The summed E-state index contributed by atoms with van der Waals surface area (Å²) in [6.45, 7) is 4.08. The van der Waals surface area contributed by atoms with Gasteiger partial charge in [0.1, 0.15) is 17.2 Å². The SMILES string of the molecule is CCC(C)c1nc2c([nH]1)C(=O)C(=O)c1cc(N)ccc1-2. The van der Waals surface area contributed by atoms with E-state index >= 15 is 0 Å². The number of fused-ring (bicyclic) bond motifs is 3. The third kappa shape index (κ3) is 1.66. The van der Waals surface area contributed by atoms with Crippen LogP contribution in [0.25, 0.3) is 11.3 Å².